The number of carbonyl (C=O) groups excluding carboxylic acids is 1. The van der Waals surface area contributed by atoms with Crippen molar-refractivity contribution in [1.82, 2.24) is 5.32 Å². The van der Waals surface area contributed by atoms with Crippen molar-refractivity contribution in [3.8, 4) is 0 Å². The van der Waals surface area contributed by atoms with Gasteiger partial charge in [0.15, 0.2) is 0 Å². The molecular formula is C13H17NO5. The molecule has 1 aromatic carbocycles. The van der Waals surface area contributed by atoms with E-state index in [1.165, 1.54) is 19.1 Å². The van der Waals surface area contributed by atoms with Crippen LogP contribution in [0.1, 0.15) is 34.5 Å². The predicted octanol–water partition coefficient (Wildman–Crippen LogP) is 0.224. The van der Waals surface area contributed by atoms with Gasteiger partial charge in [-0.1, -0.05) is 17.7 Å². The van der Waals surface area contributed by atoms with Gasteiger partial charge in [0.05, 0.1) is 5.56 Å². The maximum absolute atomic E-state index is 11.1. The van der Waals surface area contributed by atoms with Gasteiger partial charge in [0.2, 0.25) is 5.91 Å². The number of hydrogen-bond acceptors (Lipinski definition) is 4. The summed E-state index contributed by atoms with van der Waals surface area (Å²) in [5.41, 5.74) is 0.830. The SMILES string of the molecule is CC(=O)NCC(O)C(O)c1cc(C)ccc1C(=O)O. The van der Waals surface area contributed by atoms with Gasteiger partial charge in [-0.25, -0.2) is 4.79 Å². The lowest BCUT2D eigenvalue weighted by atomic mass is 9.96. The number of hydrogen-bond donors (Lipinski definition) is 4. The summed E-state index contributed by atoms with van der Waals surface area (Å²) in [6.45, 7) is 2.89. The van der Waals surface area contributed by atoms with Gasteiger partial charge >= 0.3 is 5.97 Å². The first kappa shape index (κ1) is 15.1. The first-order valence-electron chi connectivity index (χ1n) is 5.77. The maximum atomic E-state index is 11.1. The minimum absolute atomic E-state index is 0.0695. The molecule has 0 saturated heterocycles. The minimum atomic E-state index is -1.38. The molecule has 1 aromatic rings. The van der Waals surface area contributed by atoms with E-state index >= 15 is 0 Å². The summed E-state index contributed by atoms with van der Waals surface area (Å²) in [5, 5.41) is 31.2. The van der Waals surface area contributed by atoms with Crippen LogP contribution in [-0.4, -0.2) is 39.8 Å². The summed E-state index contributed by atoms with van der Waals surface area (Å²) in [6.07, 6.45) is -2.65. The zero-order valence-corrected chi connectivity index (χ0v) is 10.8. The summed E-state index contributed by atoms with van der Waals surface area (Å²) >= 11 is 0. The average Bonchev–Trinajstić information content (AvgIpc) is 2.34. The van der Waals surface area contributed by atoms with Crippen LogP contribution in [0.5, 0.6) is 0 Å². The zero-order chi connectivity index (χ0) is 14.6. The van der Waals surface area contributed by atoms with Gasteiger partial charge < -0.3 is 20.6 Å². The van der Waals surface area contributed by atoms with Crippen molar-refractivity contribution >= 4 is 11.9 Å². The van der Waals surface area contributed by atoms with Gasteiger partial charge in [0.25, 0.3) is 0 Å². The van der Waals surface area contributed by atoms with Crippen LogP contribution in [-0.2, 0) is 4.79 Å². The molecule has 2 unspecified atom stereocenters. The molecule has 0 saturated carbocycles. The Morgan fingerprint density at radius 3 is 2.47 bits per heavy atom. The number of nitrogens with one attached hydrogen (secondary N) is 1. The van der Waals surface area contributed by atoms with Gasteiger partial charge in [-0.05, 0) is 18.6 Å². The van der Waals surface area contributed by atoms with Crippen LogP contribution < -0.4 is 5.32 Å². The van der Waals surface area contributed by atoms with Crippen molar-refractivity contribution in [2.75, 3.05) is 6.54 Å². The van der Waals surface area contributed by atoms with Gasteiger partial charge in [-0.2, -0.15) is 0 Å². The second-order valence-corrected chi connectivity index (χ2v) is 4.35. The van der Waals surface area contributed by atoms with E-state index in [9.17, 15) is 19.8 Å². The summed E-state index contributed by atoms with van der Waals surface area (Å²) in [6, 6.07) is 4.49. The van der Waals surface area contributed by atoms with Crippen LogP contribution in [0.3, 0.4) is 0 Å². The summed E-state index contributed by atoms with van der Waals surface area (Å²) in [7, 11) is 0. The quantitative estimate of drug-likeness (QED) is 0.610. The molecule has 104 valence electrons. The Morgan fingerprint density at radius 1 is 1.32 bits per heavy atom. The molecule has 6 nitrogen and oxygen atoms in total. The van der Waals surface area contributed by atoms with Crippen LogP contribution >= 0.6 is 0 Å². The molecule has 0 aromatic heterocycles. The van der Waals surface area contributed by atoms with Gasteiger partial charge in [-0.15, -0.1) is 0 Å². The molecular weight excluding hydrogens is 250 g/mol. The van der Waals surface area contributed by atoms with Crippen molar-refractivity contribution in [2.24, 2.45) is 0 Å². The van der Waals surface area contributed by atoms with E-state index in [1.54, 1.807) is 13.0 Å². The summed E-state index contributed by atoms with van der Waals surface area (Å²) in [4.78, 5) is 21.8. The molecule has 2 atom stereocenters. The highest BCUT2D eigenvalue weighted by Gasteiger charge is 2.23. The van der Waals surface area contributed by atoms with E-state index in [2.05, 4.69) is 5.32 Å². The Balaban J connectivity index is 2.97. The Labute approximate surface area is 110 Å². The third-order valence-electron chi connectivity index (χ3n) is 2.68. The lowest BCUT2D eigenvalue weighted by Gasteiger charge is -2.20. The number of carboxylic acid groups (broad SMARTS) is 1. The van der Waals surface area contributed by atoms with E-state index < -0.39 is 18.2 Å². The number of amides is 1. The third-order valence-corrected chi connectivity index (χ3v) is 2.68. The molecule has 0 spiro atoms. The molecule has 0 aliphatic rings. The highest BCUT2D eigenvalue weighted by Crippen LogP contribution is 2.22. The van der Waals surface area contributed by atoms with E-state index in [1.807, 2.05) is 0 Å². The number of aryl methyl sites for hydroxylation is 1. The van der Waals surface area contributed by atoms with Crippen LogP contribution in [0.25, 0.3) is 0 Å². The third kappa shape index (κ3) is 4.04. The topological polar surface area (TPSA) is 107 Å². The lowest BCUT2D eigenvalue weighted by Crippen LogP contribution is -2.34. The standard InChI is InChI=1S/C13H17NO5/c1-7-3-4-9(13(18)19)10(5-7)12(17)11(16)6-14-8(2)15/h3-5,11-12,16-17H,6H2,1-2H3,(H,14,15)(H,18,19). The number of carboxylic acids is 1. The van der Waals surface area contributed by atoms with Crippen LogP contribution in [0.2, 0.25) is 0 Å². The van der Waals surface area contributed by atoms with Crippen molar-refractivity contribution in [1.29, 1.82) is 0 Å². The number of aromatic carboxylic acids is 1. The smallest absolute Gasteiger partial charge is 0.336 e. The van der Waals surface area contributed by atoms with E-state index in [0.29, 0.717) is 0 Å². The number of carbonyl (C=O) groups is 2. The van der Waals surface area contributed by atoms with Gasteiger partial charge in [0, 0.05) is 13.5 Å². The van der Waals surface area contributed by atoms with Crippen molar-refractivity contribution in [2.45, 2.75) is 26.1 Å². The molecule has 0 aliphatic heterocycles. The molecule has 6 heteroatoms. The van der Waals surface area contributed by atoms with Crippen LogP contribution in [0, 0.1) is 6.92 Å². The lowest BCUT2D eigenvalue weighted by molar-refractivity contribution is -0.119. The van der Waals surface area contributed by atoms with Crippen molar-refractivity contribution in [3.05, 3.63) is 34.9 Å². The molecule has 0 heterocycles. The fraction of sp³-hybridized carbons (Fsp3) is 0.385. The Morgan fingerprint density at radius 2 is 1.95 bits per heavy atom. The fourth-order valence-electron chi connectivity index (χ4n) is 1.69. The minimum Gasteiger partial charge on any atom is -0.478 e. The second kappa shape index (κ2) is 6.31. The first-order chi connectivity index (χ1) is 8.82. The maximum Gasteiger partial charge on any atom is 0.336 e. The predicted molar refractivity (Wildman–Crippen MR) is 67.8 cm³/mol. The van der Waals surface area contributed by atoms with E-state index in [0.717, 1.165) is 5.56 Å². The normalized spacial score (nSPS) is 13.7. The monoisotopic (exact) mass is 267 g/mol. The van der Waals surface area contributed by atoms with Gasteiger partial charge in [-0.3, -0.25) is 4.79 Å². The highest BCUT2D eigenvalue weighted by atomic mass is 16.4. The molecule has 1 amide bonds. The summed E-state index contributed by atoms with van der Waals surface area (Å²) < 4.78 is 0. The molecule has 1 rings (SSSR count). The van der Waals surface area contributed by atoms with E-state index in [-0.39, 0.29) is 23.6 Å². The number of aliphatic hydroxyl groups excluding tert-OH is 2. The Kier molecular flexibility index (Phi) is 5.02. The van der Waals surface area contributed by atoms with Crippen LogP contribution in [0.15, 0.2) is 18.2 Å². The van der Waals surface area contributed by atoms with Crippen LogP contribution in [0.4, 0.5) is 0 Å². The highest BCUT2D eigenvalue weighted by molar-refractivity contribution is 5.89. The Bertz CT molecular complexity index is 486. The van der Waals surface area contributed by atoms with E-state index in [4.69, 9.17) is 5.11 Å². The average molecular weight is 267 g/mol. The number of aliphatic hydroxyl groups is 2. The largest absolute Gasteiger partial charge is 0.478 e. The first-order valence-corrected chi connectivity index (χ1v) is 5.77. The molecule has 0 aliphatic carbocycles. The second-order valence-electron chi connectivity index (χ2n) is 4.35. The zero-order valence-electron chi connectivity index (χ0n) is 10.8. The molecule has 0 radical (unpaired) electrons. The molecule has 0 bridgehead atoms. The van der Waals surface area contributed by atoms with Crippen molar-refractivity contribution in [3.63, 3.8) is 0 Å². The molecule has 4 N–H and O–H groups in total. The fourth-order valence-corrected chi connectivity index (χ4v) is 1.69. The molecule has 0 fully saturated rings. The number of benzene rings is 1. The summed E-state index contributed by atoms with van der Waals surface area (Å²) in [5.74, 6) is -1.52. The number of rotatable bonds is 5. The Hall–Kier alpha value is -1.92. The molecule has 19 heavy (non-hydrogen) atoms. The van der Waals surface area contributed by atoms with Gasteiger partial charge in [0.1, 0.15) is 12.2 Å². The van der Waals surface area contributed by atoms with Crippen molar-refractivity contribution < 1.29 is 24.9 Å².